The number of hydrogen-bond donors (Lipinski definition) is 2. The van der Waals surface area contributed by atoms with Gasteiger partial charge in [0.05, 0.1) is 6.61 Å². The monoisotopic (exact) mass is 273 g/mol. The van der Waals surface area contributed by atoms with Gasteiger partial charge in [-0.2, -0.15) is 0 Å². The second-order valence-electron chi connectivity index (χ2n) is 4.36. The quantitative estimate of drug-likeness (QED) is 0.794. The first-order valence-electron chi connectivity index (χ1n) is 6.59. The van der Waals surface area contributed by atoms with E-state index in [9.17, 15) is 5.11 Å². The number of aliphatic hydroxyl groups is 1. The van der Waals surface area contributed by atoms with Crippen molar-refractivity contribution >= 4 is 5.69 Å². The number of hydrogen-bond acceptors (Lipinski definition) is 4. The molecule has 0 spiro atoms. The summed E-state index contributed by atoms with van der Waals surface area (Å²) < 4.78 is 10.9. The van der Waals surface area contributed by atoms with E-state index in [1.165, 1.54) is 0 Å². The molecule has 0 aromatic heterocycles. The molecule has 0 bridgehead atoms. The molecule has 0 fully saturated rings. The van der Waals surface area contributed by atoms with Crippen LogP contribution in [0.3, 0.4) is 0 Å². The van der Waals surface area contributed by atoms with Crippen molar-refractivity contribution in [2.24, 2.45) is 0 Å². The first kappa shape index (κ1) is 14.2. The maximum atomic E-state index is 10.1. The summed E-state index contributed by atoms with van der Waals surface area (Å²) in [6.07, 6.45) is -0.747. The second kappa shape index (κ2) is 6.82. The lowest BCUT2D eigenvalue weighted by atomic mass is 10.1. The minimum Gasteiger partial charge on any atom is -0.494 e. The molecule has 2 rings (SSSR count). The van der Waals surface area contributed by atoms with Gasteiger partial charge in [0.15, 0.2) is 0 Å². The van der Waals surface area contributed by atoms with Gasteiger partial charge in [-0.05, 0) is 37.3 Å². The van der Waals surface area contributed by atoms with Gasteiger partial charge in [0.1, 0.15) is 24.2 Å². The molecule has 4 nitrogen and oxygen atoms in total. The Morgan fingerprint density at radius 3 is 2.20 bits per heavy atom. The molecule has 0 saturated carbocycles. The fourth-order valence-corrected chi connectivity index (χ4v) is 1.88. The smallest absolute Gasteiger partial charge is 0.119 e. The zero-order chi connectivity index (χ0) is 14.4. The molecule has 106 valence electrons. The molecule has 0 heterocycles. The van der Waals surface area contributed by atoms with Crippen molar-refractivity contribution in [1.29, 1.82) is 0 Å². The zero-order valence-electron chi connectivity index (χ0n) is 11.5. The third-order valence-corrected chi connectivity index (χ3v) is 2.90. The summed E-state index contributed by atoms with van der Waals surface area (Å²) in [5, 5.41) is 10.1. The highest BCUT2D eigenvalue weighted by molar-refractivity contribution is 5.47. The van der Waals surface area contributed by atoms with Gasteiger partial charge in [0.2, 0.25) is 0 Å². The second-order valence-corrected chi connectivity index (χ2v) is 4.36. The highest BCUT2D eigenvalue weighted by atomic mass is 16.5. The molecular formula is C16H19NO3. The lowest BCUT2D eigenvalue weighted by molar-refractivity contribution is 0.109. The van der Waals surface area contributed by atoms with Gasteiger partial charge < -0.3 is 20.3 Å². The van der Waals surface area contributed by atoms with Crippen LogP contribution in [-0.2, 0) is 0 Å². The molecule has 2 aromatic rings. The molecule has 20 heavy (non-hydrogen) atoms. The van der Waals surface area contributed by atoms with Crippen molar-refractivity contribution in [3.63, 3.8) is 0 Å². The lowest BCUT2D eigenvalue weighted by Crippen LogP contribution is -2.11. The van der Waals surface area contributed by atoms with Gasteiger partial charge in [0.25, 0.3) is 0 Å². The Labute approximate surface area is 118 Å². The normalized spacial score (nSPS) is 11.9. The molecule has 4 heteroatoms. The van der Waals surface area contributed by atoms with Gasteiger partial charge in [-0.25, -0.2) is 0 Å². The molecule has 0 radical (unpaired) electrons. The third kappa shape index (κ3) is 3.65. The minimum absolute atomic E-state index is 0.155. The third-order valence-electron chi connectivity index (χ3n) is 2.90. The minimum atomic E-state index is -0.747. The molecule has 3 N–H and O–H groups in total. The van der Waals surface area contributed by atoms with Crippen LogP contribution in [0.1, 0.15) is 18.6 Å². The molecule has 0 saturated heterocycles. The Kier molecular flexibility index (Phi) is 4.85. The van der Waals surface area contributed by atoms with Gasteiger partial charge in [-0.3, -0.25) is 0 Å². The fraction of sp³-hybridized carbons (Fsp3) is 0.250. The number of anilines is 1. The maximum absolute atomic E-state index is 10.1. The molecule has 1 atom stereocenters. The summed E-state index contributed by atoms with van der Waals surface area (Å²) in [5.74, 6) is 1.48. The van der Waals surface area contributed by atoms with E-state index in [2.05, 4.69) is 0 Å². The van der Waals surface area contributed by atoms with E-state index in [0.717, 1.165) is 5.75 Å². The summed E-state index contributed by atoms with van der Waals surface area (Å²) in [6.45, 7) is 2.72. The summed E-state index contributed by atoms with van der Waals surface area (Å²) in [5.41, 5.74) is 7.06. The predicted molar refractivity (Wildman–Crippen MR) is 78.9 cm³/mol. The summed E-state index contributed by atoms with van der Waals surface area (Å²) in [4.78, 5) is 0. The van der Waals surface area contributed by atoms with E-state index < -0.39 is 6.10 Å². The first-order chi connectivity index (χ1) is 9.70. The van der Waals surface area contributed by atoms with Gasteiger partial charge >= 0.3 is 0 Å². The van der Waals surface area contributed by atoms with Crippen molar-refractivity contribution in [3.05, 3.63) is 54.1 Å². The van der Waals surface area contributed by atoms with Crippen LogP contribution in [0.15, 0.2) is 48.5 Å². The van der Waals surface area contributed by atoms with E-state index in [1.807, 2.05) is 43.3 Å². The Hall–Kier alpha value is -2.20. The van der Waals surface area contributed by atoms with E-state index >= 15 is 0 Å². The molecule has 0 aliphatic heterocycles. The average Bonchev–Trinajstić information content (AvgIpc) is 2.47. The maximum Gasteiger partial charge on any atom is 0.119 e. The Bertz CT molecular complexity index is 540. The van der Waals surface area contributed by atoms with Crippen LogP contribution in [0.4, 0.5) is 5.69 Å². The van der Waals surface area contributed by atoms with Crippen molar-refractivity contribution in [2.45, 2.75) is 13.0 Å². The number of ether oxygens (including phenoxy) is 2. The average molecular weight is 273 g/mol. The van der Waals surface area contributed by atoms with Crippen LogP contribution >= 0.6 is 0 Å². The van der Waals surface area contributed by atoms with E-state index in [4.69, 9.17) is 15.2 Å². The molecule has 2 aromatic carbocycles. The number of para-hydroxylation sites is 1. The van der Waals surface area contributed by atoms with Crippen molar-refractivity contribution < 1.29 is 14.6 Å². The SMILES string of the molecule is CCOc1ccc(OCC(O)c2ccccc2N)cc1. The van der Waals surface area contributed by atoms with Gasteiger partial charge in [0, 0.05) is 11.3 Å². The highest BCUT2D eigenvalue weighted by Crippen LogP contribution is 2.22. The Balaban J connectivity index is 1.93. The first-order valence-corrected chi connectivity index (χ1v) is 6.59. The van der Waals surface area contributed by atoms with Crippen LogP contribution in [0.5, 0.6) is 11.5 Å². The summed E-state index contributed by atoms with van der Waals surface area (Å²) in [7, 11) is 0. The number of aliphatic hydroxyl groups excluding tert-OH is 1. The standard InChI is InChI=1S/C16H19NO3/c1-2-19-12-7-9-13(10-8-12)20-11-16(18)14-5-3-4-6-15(14)17/h3-10,16,18H,2,11,17H2,1H3. The molecular weight excluding hydrogens is 254 g/mol. The summed E-state index contributed by atoms with van der Waals surface area (Å²) >= 11 is 0. The van der Waals surface area contributed by atoms with Crippen molar-refractivity contribution in [3.8, 4) is 11.5 Å². The fourth-order valence-electron chi connectivity index (χ4n) is 1.88. The van der Waals surface area contributed by atoms with E-state index in [-0.39, 0.29) is 6.61 Å². The van der Waals surface area contributed by atoms with Crippen molar-refractivity contribution in [1.82, 2.24) is 0 Å². The topological polar surface area (TPSA) is 64.7 Å². The molecule has 0 aliphatic rings. The number of nitrogens with two attached hydrogens (primary N) is 1. The van der Waals surface area contributed by atoms with Crippen LogP contribution in [0.25, 0.3) is 0 Å². The molecule has 0 aliphatic carbocycles. The Morgan fingerprint density at radius 2 is 1.60 bits per heavy atom. The van der Waals surface area contributed by atoms with Crippen LogP contribution in [0, 0.1) is 0 Å². The number of nitrogen functional groups attached to an aromatic ring is 1. The van der Waals surface area contributed by atoms with E-state index in [1.54, 1.807) is 12.1 Å². The zero-order valence-corrected chi connectivity index (χ0v) is 11.5. The van der Waals surface area contributed by atoms with Crippen molar-refractivity contribution in [2.75, 3.05) is 18.9 Å². The van der Waals surface area contributed by atoms with Crippen LogP contribution in [-0.4, -0.2) is 18.3 Å². The summed E-state index contributed by atoms with van der Waals surface area (Å²) in [6, 6.07) is 14.5. The van der Waals surface area contributed by atoms with E-state index in [0.29, 0.717) is 23.6 Å². The van der Waals surface area contributed by atoms with Crippen LogP contribution < -0.4 is 15.2 Å². The number of rotatable bonds is 6. The van der Waals surface area contributed by atoms with Gasteiger partial charge in [-0.1, -0.05) is 18.2 Å². The molecule has 1 unspecified atom stereocenters. The predicted octanol–water partition coefficient (Wildman–Crippen LogP) is 2.78. The van der Waals surface area contributed by atoms with Gasteiger partial charge in [-0.15, -0.1) is 0 Å². The largest absolute Gasteiger partial charge is 0.494 e. The van der Waals surface area contributed by atoms with Crippen LogP contribution in [0.2, 0.25) is 0 Å². The lowest BCUT2D eigenvalue weighted by Gasteiger charge is -2.14. The highest BCUT2D eigenvalue weighted by Gasteiger charge is 2.11. The molecule has 0 amide bonds. The number of benzene rings is 2. The Morgan fingerprint density at radius 1 is 1.00 bits per heavy atom.